The van der Waals surface area contributed by atoms with Crippen LogP contribution in [0.2, 0.25) is 0 Å². The fourth-order valence-corrected chi connectivity index (χ4v) is 1.44. The van der Waals surface area contributed by atoms with Gasteiger partial charge in [0.05, 0.1) is 12.8 Å². The summed E-state index contributed by atoms with van der Waals surface area (Å²) in [5.74, 6) is 1.29. The molecular weight excluding hydrogens is 232 g/mol. The maximum absolute atomic E-state index is 5.62. The van der Waals surface area contributed by atoms with Crippen LogP contribution < -0.4 is 16.2 Å². The van der Waals surface area contributed by atoms with Crippen molar-refractivity contribution in [2.45, 2.75) is 6.92 Å². The van der Waals surface area contributed by atoms with Crippen LogP contribution >= 0.6 is 0 Å². The Balaban J connectivity index is 2.29. The number of anilines is 2. The van der Waals surface area contributed by atoms with Crippen LogP contribution in [0.1, 0.15) is 5.56 Å². The number of nitrogens with two attached hydrogens (primary N) is 2. The summed E-state index contributed by atoms with van der Waals surface area (Å²) in [5, 5.41) is 14.4. The van der Waals surface area contributed by atoms with E-state index in [-0.39, 0.29) is 5.82 Å². The zero-order valence-corrected chi connectivity index (χ0v) is 10.1. The standard InChI is InChI=1S/C11H14N6O/c1-6-5-7(18-2)3-4-8(6)14-15-9-10(12)16-17-11(9)13/h3-5H,1-2H3,(H5,12,13,16,17). The molecule has 0 spiro atoms. The number of aromatic nitrogens is 2. The lowest BCUT2D eigenvalue weighted by Crippen LogP contribution is -1.85. The van der Waals surface area contributed by atoms with Gasteiger partial charge in [0.15, 0.2) is 11.5 Å². The van der Waals surface area contributed by atoms with Crippen molar-refractivity contribution < 1.29 is 4.74 Å². The van der Waals surface area contributed by atoms with Crippen molar-refractivity contribution in [2.75, 3.05) is 18.6 Å². The Morgan fingerprint density at radius 2 is 2.06 bits per heavy atom. The number of methoxy groups -OCH3 is 1. The molecule has 0 saturated carbocycles. The van der Waals surface area contributed by atoms with Crippen LogP contribution in [-0.2, 0) is 0 Å². The Morgan fingerprint density at radius 1 is 1.28 bits per heavy atom. The lowest BCUT2D eigenvalue weighted by Gasteiger charge is -2.02. The summed E-state index contributed by atoms with van der Waals surface area (Å²) in [7, 11) is 1.61. The van der Waals surface area contributed by atoms with Gasteiger partial charge in [-0.3, -0.25) is 5.10 Å². The highest BCUT2D eigenvalue weighted by molar-refractivity contribution is 5.70. The van der Waals surface area contributed by atoms with Crippen molar-refractivity contribution in [3.63, 3.8) is 0 Å². The molecule has 1 heterocycles. The number of aromatic amines is 1. The Labute approximate surface area is 104 Å². The van der Waals surface area contributed by atoms with E-state index in [2.05, 4.69) is 20.4 Å². The normalized spacial score (nSPS) is 11.0. The van der Waals surface area contributed by atoms with Crippen molar-refractivity contribution in [3.05, 3.63) is 23.8 Å². The number of azo groups is 1. The molecular formula is C11H14N6O. The number of hydrogen-bond acceptors (Lipinski definition) is 6. The van der Waals surface area contributed by atoms with Gasteiger partial charge in [-0.15, -0.1) is 5.11 Å². The highest BCUT2D eigenvalue weighted by Gasteiger charge is 2.07. The molecule has 18 heavy (non-hydrogen) atoms. The summed E-state index contributed by atoms with van der Waals surface area (Å²) in [6.45, 7) is 1.92. The molecule has 1 aromatic carbocycles. The number of benzene rings is 1. The maximum atomic E-state index is 5.62. The van der Waals surface area contributed by atoms with Crippen molar-refractivity contribution in [2.24, 2.45) is 10.2 Å². The number of ether oxygens (including phenoxy) is 1. The second-order valence-corrected chi connectivity index (χ2v) is 3.72. The van der Waals surface area contributed by atoms with Crippen LogP contribution in [0.4, 0.5) is 23.0 Å². The summed E-state index contributed by atoms with van der Waals surface area (Å²) < 4.78 is 5.11. The number of nitrogens with one attached hydrogen (secondary N) is 1. The molecule has 7 nitrogen and oxygen atoms in total. The average Bonchev–Trinajstić information content (AvgIpc) is 2.68. The van der Waals surface area contributed by atoms with Gasteiger partial charge < -0.3 is 16.2 Å². The minimum Gasteiger partial charge on any atom is -0.497 e. The van der Waals surface area contributed by atoms with Gasteiger partial charge in [0.1, 0.15) is 11.6 Å². The van der Waals surface area contributed by atoms with Crippen molar-refractivity contribution in [1.29, 1.82) is 0 Å². The van der Waals surface area contributed by atoms with Gasteiger partial charge in [0.25, 0.3) is 0 Å². The van der Waals surface area contributed by atoms with Crippen molar-refractivity contribution in [3.8, 4) is 5.75 Å². The van der Waals surface area contributed by atoms with Crippen LogP contribution in [0.25, 0.3) is 0 Å². The predicted molar refractivity (Wildman–Crippen MR) is 69.3 cm³/mol. The zero-order chi connectivity index (χ0) is 13.1. The molecule has 94 valence electrons. The second kappa shape index (κ2) is 4.74. The molecule has 0 atom stereocenters. The van der Waals surface area contributed by atoms with E-state index in [1.807, 2.05) is 25.1 Å². The molecule has 0 aliphatic carbocycles. The minimum absolute atomic E-state index is 0.224. The van der Waals surface area contributed by atoms with E-state index in [9.17, 15) is 0 Å². The number of rotatable bonds is 3. The van der Waals surface area contributed by atoms with E-state index in [0.717, 1.165) is 17.0 Å². The molecule has 0 aliphatic rings. The third kappa shape index (κ3) is 2.24. The molecule has 2 rings (SSSR count). The Bertz CT molecular complexity index is 570. The summed E-state index contributed by atoms with van der Waals surface area (Å²) in [6, 6.07) is 5.49. The lowest BCUT2D eigenvalue weighted by molar-refractivity contribution is 0.414. The van der Waals surface area contributed by atoms with E-state index in [4.69, 9.17) is 16.2 Å². The maximum Gasteiger partial charge on any atom is 0.175 e. The smallest absolute Gasteiger partial charge is 0.175 e. The fourth-order valence-electron chi connectivity index (χ4n) is 1.44. The first-order valence-corrected chi connectivity index (χ1v) is 5.27. The van der Waals surface area contributed by atoms with Gasteiger partial charge in [-0.1, -0.05) is 0 Å². The first-order valence-electron chi connectivity index (χ1n) is 5.27. The lowest BCUT2D eigenvalue weighted by atomic mass is 10.2. The first kappa shape index (κ1) is 11.9. The number of nitrogens with zero attached hydrogens (tertiary/aromatic N) is 3. The molecule has 0 aliphatic heterocycles. The van der Waals surface area contributed by atoms with E-state index < -0.39 is 0 Å². The SMILES string of the molecule is COc1ccc(N=Nc2c(N)n[nH]c2N)c(C)c1. The molecule has 0 fully saturated rings. The van der Waals surface area contributed by atoms with Gasteiger partial charge >= 0.3 is 0 Å². The molecule has 0 radical (unpaired) electrons. The van der Waals surface area contributed by atoms with Gasteiger partial charge in [-0.05, 0) is 30.7 Å². The monoisotopic (exact) mass is 246 g/mol. The Kier molecular flexibility index (Phi) is 3.13. The number of hydrogen-bond donors (Lipinski definition) is 3. The van der Waals surface area contributed by atoms with E-state index >= 15 is 0 Å². The van der Waals surface area contributed by atoms with Crippen LogP contribution in [0.3, 0.4) is 0 Å². The van der Waals surface area contributed by atoms with Crippen molar-refractivity contribution >= 4 is 23.0 Å². The highest BCUT2D eigenvalue weighted by Crippen LogP contribution is 2.30. The van der Waals surface area contributed by atoms with Gasteiger partial charge in [0, 0.05) is 0 Å². The number of H-pyrrole nitrogens is 1. The molecule has 7 heteroatoms. The fraction of sp³-hybridized carbons (Fsp3) is 0.182. The third-order valence-electron chi connectivity index (χ3n) is 2.46. The Hall–Kier alpha value is -2.57. The number of nitrogen functional groups attached to an aromatic ring is 2. The van der Waals surface area contributed by atoms with E-state index in [1.54, 1.807) is 7.11 Å². The van der Waals surface area contributed by atoms with E-state index in [0.29, 0.717) is 11.5 Å². The average molecular weight is 246 g/mol. The summed E-state index contributed by atoms with van der Waals surface area (Å²) in [6.07, 6.45) is 0. The summed E-state index contributed by atoms with van der Waals surface area (Å²) in [4.78, 5) is 0. The summed E-state index contributed by atoms with van der Waals surface area (Å²) >= 11 is 0. The third-order valence-corrected chi connectivity index (χ3v) is 2.46. The van der Waals surface area contributed by atoms with Crippen LogP contribution in [-0.4, -0.2) is 17.3 Å². The molecule has 0 bridgehead atoms. The Morgan fingerprint density at radius 3 is 2.61 bits per heavy atom. The molecule has 0 amide bonds. The second-order valence-electron chi connectivity index (χ2n) is 3.72. The molecule has 5 N–H and O–H groups in total. The quantitative estimate of drug-likeness (QED) is 0.720. The predicted octanol–water partition coefficient (Wildman–Crippen LogP) is 2.31. The topological polar surface area (TPSA) is 115 Å². The van der Waals surface area contributed by atoms with Crippen LogP contribution in [0, 0.1) is 6.92 Å². The largest absolute Gasteiger partial charge is 0.497 e. The zero-order valence-electron chi connectivity index (χ0n) is 10.1. The highest BCUT2D eigenvalue weighted by atomic mass is 16.5. The first-order chi connectivity index (χ1) is 8.61. The van der Waals surface area contributed by atoms with Gasteiger partial charge in [-0.2, -0.15) is 10.2 Å². The molecule has 1 aromatic heterocycles. The van der Waals surface area contributed by atoms with Crippen LogP contribution in [0.15, 0.2) is 28.4 Å². The van der Waals surface area contributed by atoms with E-state index in [1.165, 1.54) is 0 Å². The minimum atomic E-state index is 0.224. The van der Waals surface area contributed by atoms with Gasteiger partial charge in [0.2, 0.25) is 0 Å². The van der Waals surface area contributed by atoms with Crippen LogP contribution in [0.5, 0.6) is 5.75 Å². The van der Waals surface area contributed by atoms with Gasteiger partial charge in [-0.25, -0.2) is 0 Å². The molecule has 2 aromatic rings. The number of aryl methyl sites for hydroxylation is 1. The van der Waals surface area contributed by atoms with Crippen molar-refractivity contribution in [1.82, 2.24) is 10.2 Å². The summed E-state index contributed by atoms with van der Waals surface area (Å²) in [5.41, 5.74) is 13.2. The molecule has 0 saturated heterocycles. The molecule has 0 unspecified atom stereocenters.